The highest BCUT2D eigenvalue weighted by molar-refractivity contribution is 6.30. The van der Waals surface area contributed by atoms with Crippen molar-refractivity contribution >= 4 is 11.6 Å². The molecule has 122 valence electrons. The minimum Gasteiger partial charge on any atom is -0.485 e. The highest BCUT2D eigenvalue weighted by Gasteiger charge is 2.29. The summed E-state index contributed by atoms with van der Waals surface area (Å²) in [7, 11) is 0. The predicted molar refractivity (Wildman–Crippen MR) is 89.4 cm³/mol. The molecule has 2 aromatic rings. The second-order valence-corrected chi connectivity index (χ2v) is 6.27. The predicted octanol–water partition coefficient (Wildman–Crippen LogP) is 4.17. The fourth-order valence-corrected chi connectivity index (χ4v) is 3.21. The Kier molecular flexibility index (Phi) is 5.13. The number of halogens is 2. The number of benzene rings is 1. The molecule has 1 aliphatic heterocycles. The summed E-state index contributed by atoms with van der Waals surface area (Å²) in [6.07, 6.45) is 5.01. The first-order valence-electron chi connectivity index (χ1n) is 7.93. The fraction of sp³-hybridized carbons (Fsp3) is 0.389. The molecule has 0 spiro atoms. The molecule has 0 radical (unpaired) electrons. The van der Waals surface area contributed by atoms with E-state index in [1.807, 2.05) is 13.0 Å². The van der Waals surface area contributed by atoms with Crippen molar-refractivity contribution in [1.82, 2.24) is 10.3 Å². The standard InChI is InChI=1S/C18H20ClFN2O/c1-2-12-8-16(20)3-4-17(12)23-18(13-5-6-21-9-13)14-7-15(19)11-22-10-14/h3-4,7-8,10-11,13,18,21H,2,5-6,9H2,1H3/t13?,18-/m0/s1. The number of aryl methyl sites for hydroxylation is 1. The zero-order valence-corrected chi connectivity index (χ0v) is 13.8. The van der Waals surface area contributed by atoms with Gasteiger partial charge in [0.25, 0.3) is 0 Å². The van der Waals surface area contributed by atoms with Crippen LogP contribution in [0.3, 0.4) is 0 Å². The highest BCUT2D eigenvalue weighted by atomic mass is 35.5. The molecule has 1 aliphatic rings. The summed E-state index contributed by atoms with van der Waals surface area (Å²) >= 11 is 6.09. The van der Waals surface area contributed by atoms with Gasteiger partial charge in [0.15, 0.2) is 0 Å². The molecule has 2 atom stereocenters. The topological polar surface area (TPSA) is 34.1 Å². The minimum atomic E-state index is -0.238. The van der Waals surface area contributed by atoms with Crippen LogP contribution in [0, 0.1) is 11.7 Å². The summed E-state index contributed by atoms with van der Waals surface area (Å²) in [6.45, 7) is 3.86. The van der Waals surface area contributed by atoms with Gasteiger partial charge >= 0.3 is 0 Å². The maximum absolute atomic E-state index is 13.5. The van der Waals surface area contributed by atoms with Crippen LogP contribution in [0.1, 0.15) is 30.6 Å². The molecule has 3 nitrogen and oxygen atoms in total. The van der Waals surface area contributed by atoms with Gasteiger partial charge in [-0.15, -0.1) is 0 Å². The number of aromatic nitrogens is 1. The van der Waals surface area contributed by atoms with Crippen LogP contribution < -0.4 is 10.1 Å². The van der Waals surface area contributed by atoms with Gasteiger partial charge in [0.2, 0.25) is 0 Å². The van der Waals surface area contributed by atoms with Crippen molar-refractivity contribution in [2.75, 3.05) is 13.1 Å². The van der Waals surface area contributed by atoms with Crippen molar-refractivity contribution in [3.8, 4) is 5.75 Å². The van der Waals surface area contributed by atoms with E-state index in [-0.39, 0.29) is 11.9 Å². The third-order valence-electron chi connectivity index (χ3n) is 4.24. The fourth-order valence-electron chi connectivity index (χ4n) is 3.03. The smallest absolute Gasteiger partial charge is 0.129 e. The van der Waals surface area contributed by atoms with Gasteiger partial charge in [0.1, 0.15) is 17.7 Å². The van der Waals surface area contributed by atoms with E-state index < -0.39 is 0 Å². The van der Waals surface area contributed by atoms with E-state index in [0.29, 0.717) is 10.9 Å². The Morgan fingerprint density at radius 3 is 2.96 bits per heavy atom. The van der Waals surface area contributed by atoms with Crippen LogP contribution in [-0.4, -0.2) is 18.1 Å². The van der Waals surface area contributed by atoms with Crippen molar-refractivity contribution < 1.29 is 9.13 Å². The van der Waals surface area contributed by atoms with Gasteiger partial charge in [-0.25, -0.2) is 4.39 Å². The van der Waals surface area contributed by atoms with E-state index in [2.05, 4.69) is 10.3 Å². The van der Waals surface area contributed by atoms with Gasteiger partial charge in [-0.2, -0.15) is 0 Å². The van der Waals surface area contributed by atoms with Gasteiger partial charge < -0.3 is 10.1 Å². The van der Waals surface area contributed by atoms with E-state index in [9.17, 15) is 4.39 Å². The van der Waals surface area contributed by atoms with Crippen LogP contribution in [0.15, 0.2) is 36.7 Å². The van der Waals surface area contributed by atoms with E-state index in [1.165, 1.54) is 12.1 Å². The van der Waals surface area contributed by atoms with E-state index in [1.54, 1.807) is 18.5 Å². The highest BCUT2D eigenvalue weighted by Crippen LogP contribution is 2.34. The number of hydrogen-bond acceptors (Lipinski definition) is 3. The van der Waals surface area contributed by atoms with Crippen molar-refractivity contribution in [3.05, 3.63) is 58.6 Å². The molecule has 0 amide bonds. The summed E-state index contributed by atoms with van der Waals surface area (Å²) in [5.74, 6) is 0.827. The largest absolute Gasteiger partial charge is 0.485 e. The molecule has 2 heterocycles. The minimum absolute atomic E-state index is 0.146. The molecule has 0 saturated carbocycles. The molecule has 0 aliphatic carbocycles. The lowest BCUT2D eigenvalue weighted by atomic mass is 9.95. The number of hydrogen-bond donors (Lipinski definition) is 1. The first kappa shape index (κ1) is 16.2. The zero-order valence-electron chi connectivity index (χ0n) is 13.1. The summed E-state index contributed by atoms with van der Waals surface area (Å²) < 4.78 is 19.8. The van der Waals surface area contributed by atoms with Crippen LogP contribution in [-0.2, 0) is 6.42 Å². The molecule has 23 heavy (non-hydrogen) atoms. The lowest BCUT2D eigenvalue weighted by Crippen LogP contribution is -2.22. The first-order valence-corrected chi connectivity index (χ1v) is 8.31. The second kappa shape index (κ2) is 7.28. The molecular formula is C18H20ClFN2O. The Morgan fingerprint density at radius 2 is 2.26 bits per heavy atom. The van der Waals surface area contributed by atoms with Gasteiger partial charge in [-0.1, -0.05) is 18.5 Å². The third-order valence-corrected chi connectivity index (χ3v) is 4.45. The number of rotatable bonds is 5. The van der Waals surface area contributed by atoms with Crippen molar-refractivity contribution in [2.24, 2.45) is 5.92 Å². The number of nitrogens with one attached hydrogen (secondary N) is 1. The third kappa shape index (κ3) is 3.82. The summed E-state index contributed by atoms with van der Waals surface area (Å²) in [5.41, 5.74) is 1.83. The molecule has 1 aromatic carbocycles. The summed E-state index contributed by atoms with van der Waals surface area (Å²) in [4.78, 5) is 4.18. The molecular weight excluding hydrogens is 315 g/mol. The lowest BCUT2D eigenvalue weighted by Gasteiger charge is -2.26. The molecule has 0 bridgehead atoms. The number of nitrogens with zero attached hydrogens (tertiary/aromatic N) is 1. The molecule has 5 heteroatoms. The molecule has 1 saturated heterocycles. The van der Waals surface area contributed by atoms with Crippen LogP contribution in [0.4, 0.5) is 4.39 Å². The zero-order chi connectivity index (χ0) is 16.2. The van der Waals surface area contributed by atoms with Crippen molar-refractivity contribution in [1.29, 1.82) is 0 Å². The molecule has 1 N–H and O–H groups in total. The Morgan fingerprint density at radius 1 is 1.39 bits per heavy atom. The quantitative estimate of drug-likeness (QED) is 0.891. The van der Waals surface area contributed by atoms with Crippen LogP contribution in [0.25, 0.3) is 0 Å². The van der Waals surface area contributed by atoms with E-state index in [4.69, 9.17) is 16.3 Å². The molecule has 1 fully saturated rings. The Labute approximate surface area is 140 Å². The van der Waals surface area contributed by atoms with E-state index in [0.717, 1.165) is 42.8 Å². The van der Waals surface area contributed by atoms with Crippen molar-refractivity contribution in [2.45, 2.75) is 25.9 Å². The van der Waals surface area contributed by atoms with Crippen LogP contribution in [0.5, 0.6) is 5.75 Å². The van der Waals surface area contributed by atoms with Crippen LogP contribution >= 0.6 is 11.6 Å². The summed E-state index contributed by atoms with van der Waals surface area (Å²) in [5, 5.41) is 3.96. The second-order valence-electron chi connectivity index (χ2n) is 5.83. The SMILES string of the molecule is CCc1cc(F)ccc1O[C@H](c1cncc(Cl)c1)C1CCNC1. The Balaban J connectivity index is 1.93. The first-order chi connectivity index (χ1) is 11.2. The average Bonchev–Trinajstić information content (AvgIpc) is 3.07. The van der Waals surface area contributed by atoms with Gasteiger partial charge in [0, 0.05) is 30.4 Å². The maximum Gasteiger partial charge on any atom is 0.129 e. The Hall–Kier alpha value is -1.65. The van der Waals surface area contributed by atoms with Crippen LogP contribution in [0.2, 0.25) is 5.02 Å². The normalized spacial score (nSPS) is 18.8. The molecule has 1 unspecified atom stereocenters. The van der Waals surface area contributed by atoms with Gasteiger partial charge in [-0.3, -0.25) is 4.98 Å². The van der Waals surface area contributed by atoms with E-state index >= 15 is 0 Å². The average molecular weight is 335 g/mol. The van der Waals surface area contributed by atoms with Gasteiger partial charge in [0.05, 0.1) is 5.02 Å². The monoisotopic (exact) mass is 334 g/mol. The number of ether oxygens (including phenoxy) is 1. The van der Waals surface area contributed by atoms with Crippen molar-refractivity contribution in [3.63, 3.8) is 0 Å². The number of pyridine rings is 1. The maximum atomic E-state index is 13.5. The lowest BCUT2D eigenvalue weighted by molar-refractivity contribution is 0.142. The molecule has 3 rings (SSSR count). The summed E-state index contributed by atoms with van der Waals surface area (Å²) in [6, 6.07) is 6.58. The Bertz CT molecular complexity index is 674. The van der Waals surface area contributed by atoms with Gasteiger partial charge in [-0.05, 0) is 49.2 Å². The molecule has 1 aromatic heterocycles.